The van der Waals surface area contributed by atoms with Crippen LogP contribution < -0.4 is 16.1 Å². The second kappa shape index (κ2) is 19.8. The van der Waals surface area contributed by atoms with E-state index in [1.165, 1.54) is 64.8 Å². The van der Waals surface area contributed by atoms with E-state index in [4.69, 9.17) is 5.21 Å². The van der Waals surface area contributed by atoms with Crippen molar-refractivity contribution in [3.8, 4) is 0 Å². The van der Waals surface area contributed by atoms with Gasteiger partial charge >= 0.3 is 0 Å². The van der Waals surface area contributed by atoms with Gasteiger partial charge in [-0.1, -0.05) is 114 Å². The summed E-state index contributed by atoms with van der Waals surface area (Å²) in [7, 11) is 1.54. The highest BCUT2D eigenvalue weighted by Gasteiger charge is 2.26. The molecule has 0 bridgehead atoms. The summed E-state index contributed by atoms with van der Waals surface area (Å²) in [6, 6.07) is 8.77. The lowest BCUT2D eigenvalue weighted by Crippen LogP contribution is -2.49. The Labute approximate surface area is 211 Å². The molecule has 0 spiro atoms. The van der Waals surface area contributed by atoms with E-state index in [0.29, 0.717) is 12.8 Å². The van der Waals surface area contributed by atoms with Gasteiger partial charge in [0.25, 0.3) is 0 Å². The SMILES string of the molecule is CCCCCCCCCCCCCCC(CC(=O)NO)C(=O)N[C@@H](Cc1ccccc1)C(=O)NC. The van der Waals surface area contributed by atoms with Gasteiger partial charge in [0.2, 0.25) is 17.7 Å². The van der Waals surface area contributed by atoms with Gasteiger partial charge in [-0.15, -0.1) is 0 Å². The molecular formula is C28H47N3O4. The zero-order valence-corrected chi connectivity index (χ0v) is 21.8. The second-order valence-corrected chi connectivity index (χ2v) is 9.48. The third-order valence-electron chi connectivity index (χ3n) is 6.50. The fourth-order valence-corrected chi connectivity index (χ4v) is 4.35. The summed E-state index contributed by atoms with van der Waals surface area (Å²) in [5, 5.41) is 14.4. The Hall–Kier alpha value is -2.41. The monoisotopic (exact) mass is 489 g/mol. The number of nitrogens with one attached hydrogen (secondary N) is 3. The largest absolute Gasteiger partial charge is 0.357 e. The smallest absolute Gasteiger partial charge is 0.244 e. The minimum Gasteiger partial charge on any atom is -0.357 e. The van der Waals surface area contributed by atoms with Gasteiger partial charge in [0.1, 0.15) is 6.04 Å². The summed E-state index contributed by atoms with van der Waals surface area (Å²) >= 11 is 0. The van der Waals surface area contributed by atoms with Gasteiger partial charge < -0.3 is 10.6 Å². The zero-order valence-electron chi connectivity index (χ0n) is 21.8. The van der Waals surface area contributed by atoms with Crippen LogP contribution in [0.25, 0.3) is 0 Å². The number of carbonyl (C=O) groups excluding carboxylic acids is 3. The lowest BCUT2D eigenvalue weighted by molar-refractivity contribution is -0.136. The lowest BCUT2D eigenvalue weighted by atomic mass is 9.94. The lowest BCUT2D eigenvalue weighted by Gasteiger charge is -2.22. The molecule has 0 fully saturated rings. The molecule has 4 N–H and O–H groups in total. The maximum atomic E-state index is 13.0. The highest BCUT2D eigenvalue weighted by molar-refractivity contribution is 5.90. The summed E-state index contributed by atoms with van der Waals surface area (Å²) in [4.78, 5) is 37.2. The number of unbranched alkanes of at least 4 members (excludes halogenated alkanes) is 11. The third kappa shape index (κ3) is 14.6. The van der Waals surface area contributed by atoms with Crippen LogP contribution in [-0.4, -0.2) is 36.0 Å². The first-order chi connectivity index (χ1) is 17.0. The maximum absolute atomic E-state index is 13.0. The fraction of sp³-hybridized carbons (Fsp3) is 0.679. The Morgan fingerprint density at radius 3 is 1.86 bits per heavy atom. The molecule has 0 aliphatic carbocycles. The van der Waals surface area contributed by atoms with Crippen LogP contribution in [0.2, 0.25) is 0 Å². The molecule has 0 saturated heterocycles. The number of benzene rings is 1. The summed E-state index contributed by atoms with van der Waals surface area (Å²) in [6.45, 7) is 2.24. The average molecular weight is 490 g/mol. The maximum Gasteiger partial charge on any atom is 0.244 e. The Kier molecular flexibility index (Phi) is 17.4. The molecular weight excluding hydrogens is 442 g/mol. The van der Waals surface area contributed by atoms with Crippen molar-refractivity contribution >= 4 is 17.7 Å². The van der Waals surface area contributed by atoms with Crippen LogP contribution >= 0.6 is 0 Å². The van der Waals surface area contributed by atoms with E-state index in [-0.39, 0.29) is 18.2 Å². The number of hydroxylamine groups is 1. The molecule has 7 heteroatoms. The predicted octanol–water partition coefficient (Wildman–Crippen LogP) is 5.06. The molecule has 35 heavy (non-hydrogen) atoms. The van der Waals surface area contributed by atoms with E-state index < -0.39 is 17.9 Å². The molecule has 0 aliphatic rings. The summed E-state index contributed by atoms with van der Waals surface area (Å²) in [5.41, 5.74) is 2.56. The van der Waals surface area contributed by atoms with Crippen LogP contribution in [-0.2, 0) is 20.8 Å². The molecule has 0 aromatic heterocycles. The van der Waals surface area contributed by atoms with Crippen molar-refractivity contribution in [2.45, 2.75) is 109 Å². The minimum atomic E-state index is -0.725. The van der Waals surface area contributed by atoms with Crippen LogP contribution in [0.3, 0.4) is 0 Å². The Balaban J connectivity index is 2.44. The summed E-state index contributed by atoms with van der Waals surface area (Å²) in [6.07, 6.45) is 15.5. The van der Waals surface area contributed by atoms with Crippen LogP contribution in [0.15, 0.2) is 30.3 Å². The van der Waals surface area contributed by atoms with E-state index in [1.807, 2.05) is 30.3 Å². The van der Waals surface area contributed by atoms with Crippen molar-refractivity contribution in [2.75, 3.05) is 7.05 Å². The molecule has 2 atom stereocenters. The van der Waals surface area contributed by atoms with Crippen molar-refractivity contribution < 1.29 is 19.6 Å². The normalized spacial score (nSPS) is 12.5. The average Bonchev–Trinajstić information content (AvgIpc) is 2.88. The topological polar surface area (TPSA) is 108 Å². The highest BCUT2D eigenvalue weighted by Crippen LogP contribution is 2.18. The van der Waals surface area contributed by atoms with Crippen molar-refractivity contribution in [1.29, 1.82) is 0 Å². The number of hydrogen-bond acceptors (Lipinski definition) is 4. The number of hydrogen-bond donors (Lipinski definition) is 4. The standard InChI is InChI=1S/C28H47N3O4/c1-3-4-5-6-7-8-9-10-11-12-13-17-20-24(22-26(32)31-35)27(33)30-25(28(34)29-2)21-23-18-15-14-16-19-23/h14-16,18-19,24-25,35H,3-13,17,20-22H2,1-2H3,(H,29,34)(H,30,33)(H,31,32)/t24?,25-/m0/s1. The first kappa shape index (κ1) is 30.6. The number of carbonyl (C=O) groups is 3. The van der Waals surface area contributed by atoms with Gasteiger partial charge in [0.05, 0.1) is 0 Å². The Bertz CT molecular complexity index is 711. The van der Waals surface area contributed by atoms with Crippen molar-refractivity contribution in [3.05, 3.63) is 35.9 Å². The first-order valence-corrected chi connectivity index (χ1v) is 13.5. The summed E-state index contributed by atoms with van der Waals surface area (Å²) in [5.74, 6) is -1.80. The number of rotatable bonds is 20. The van der Waals surface area contributed by atoms with E-state index in [1.54, 1.807) is 5.48 Å². The summed E-state index contributed by atoms with van der Waals surface area (Å²) < 4.78 is 0. The van der Waals surface area contributed by atoms with Gasteiger partial charge in [0, 0.05) is 25.8 Å². The van der Waals surface area contributed by atoms with Crippen LogP contribution in [0.4, 0.5) is 0 Å². The van der Waals surface area contributed by atoms with Gasteiger partial charge in [0.15, 0.2) is 0 Å². The van der Waals surface area contributed by atoms with Crippen LogP contribution in [0.5, 0.6) is 0 Å². The van der Waals surface area contributed by atoms with Crippen molar-refractivity contribution in [2.24, 2.45) is 5.92 Å². The molecule has 0 saturated carbocycles. The number of likely N-dealkylation sites (N-methyl/N-ethyl adjacent to an activating group) is 1. The minimum absolute atomic E-state index is 0.105. The molecule has 0 heterocycles. The van der Waals surface area contributed by atoms with Gasteiger partial charge in [-0.05, 0) is 12.0 Å². The van der Waals surface area contributed by atoms with Gasteiger partial charge in [-0.3, -0.25) is 19.6 Å². The molecule has 1 aromatic carbocycles. The van der Waals surface area contributed by atoms with Gasteiger partial charge in [-0.25, -0.2) is 5.48 Å². The Morgan fingerprint density at radius 1 is 0.800 bits per heavy atom. The molecule has 1 rings (SSSR count). The second-order valence-electron chi connectivity index (χ2n) is 9.48. The molecule has 0 radical (unpaired) electrons. The molecule has 0 aliphatic heterocycles. The van der Waals surface area contributed by atoms with Crippen molar-refractivity contribution in [1.82, 2.24) is 16.1 Å². The highest BCUT2D eigenvalue weighted by atomic mass is 16.5. The van der Waals surface area contributed by atoms with Crippen LogP contribution in [0, 0.1) is 5.92 Å². The fourth-order valence-electron chi connectivity index (χ4n) is 4.35. The number of amides is 3. The molecule has 1 unspecified atom stereocenters. The van der Waals surface area contributed by atoms with Crippen molar-refractivity contribution in [3.63, 3.8) is 0 Å². The predicted molar refractivity (Wildman–Crippen MR) is 140 cm³/mol. The van der Waals surface area contributed by atoms with Crippen LogP contribution in [0.1, 0.15) is 102 Å². The molecule has 198 valence electrons. The Morgan fingerprint density at radius 2 is 1.34 bits per heavy atom. The molecule has 7 nitrogen and oxygen atoms in total. The quantitative estimate of drug-likeness (QED) is 0.117. The third-order valence-corrected chi connectivity index (χ3v) is 6.50. The van der Waals surface area contributed by atoms with E-state index in [0.717, 1.165) is 24.8 Å². The van der Waals surface area contributed by atoms with E-state index >= 15 is 0 Å². The van der Waals surface area contributed by atoms with E-state index in [2.05, 4.69) is 17.6 Å². The molecule has 1 aromatic rings. The molecule has 3 amide bonds. The van der Waals surface area contributed by atoms with Gasteiger partial charge in [-0.2, -0.15) is 0 Å². The van der Waals surface area contributed by atoms with E-state index in [9.17, 15) is 14.4 Å². The first-order valence-electron chi connectivity index (χ1n) is 13.5. The zero-order chi connectivity index (χ0) is 25.7.